The number of benzene rings is 1. The molecule has 0 atom stereocenters. The van der Waals surface area contributed by atoms with Crippen LogP contribution < -0.4 is 0 Å². The van der Waals surface area contributed by atoms with E-state index in [1.807, 2.05) is 0 Å². The molecule has 104 valence electrons. The Morgan fingerprint density at radius 1 is 1.42 bits per heavy atom. The number of β-amino-alcohol motifs (C(OH)–C–C–N with tert-alkyl or cyclic N) is 1. The molecular formula is C11H12FNO5S. The standard InChI is InChI=1S/C11H12FNO5S/c1-11(16)5-13(6-11)19(17,18)9-4-7(12)2-3-8(9)10(14)15/h2-4,16H,5-6H2,1H3,(H,14,15). The Balaban J connectivity index is 2.46. The molecule has 0 amide bonds. The fraction of sp³-hybridized carbons (Fsp3) is 0.364. The number of rotatable bonds is 3. The molecule has 19 heavy (non-hydrogen) atoms. The first-order valence-electron chi connectivity index (χ1n) is 5.39. The molecule has 2 N–H and O–H groups in total. The van der Waals surface area contributed by atoms with E-state index in [4.69, 9.17) is 5.11 Å². The first-order valence-corrected chi connectivity index (χ1v) is 6.83. The van der Waals surface area contributed by atoms with Gasteiger partial charge < -0.3 is 10.2 Å². The van der Waals surface area contributed by atoms with Gasteiger partial charge in [-0.3, -0.25) is 0 Å². The van der Waals surface area contributed by atoms with Crippen molar-refractivity contribution in [2.45, 2.75) is 17.4 Å². The van der Waals surface area contributed by atoms with E-state index < -0.39 is 37.9 Å². The molecule has 1 aliphatic rings. The molecule has 1 fully saturated rings. The fourth-order valence-corrected chi connectivity index (χ4v) is 3.78. The molecule has 8 heteroatoms. The van der Waals surface area contributed by atoms with Crippen molar-refractivity contribution in [3.63, 3.8) is 0 Å². The highest BCUT2D eigenvalue weighted by atomic mass is 32.2. The quantitative estimate of drug-likeness (QED) is 0.833. The number of aromatic carboxylic acids is 1. The van der Waals surface area contributed by atoms with Crippen molar-refractivity contribution in [3.8, 4) is 0 Å². The third-order valence-electron chi connectivity index (χ3n) is 2.83. The van der Waals surface area contributed by atoms with Crippen LogP contribution in [-0.4, -0.2) is 47.6 Å². The summed E-state index contributed by atoms with van der Waals surface area (Å²) in [5.74, 6) is -2.29. The molecule has 1 saturated heterocycles. The van der Waals surface area contributed by atoms with Crippen LogP contribution in [0.5, 0.6) is 0 Å². The van der Waals surface area contributed by atoms with Crippen molar-refractivity contribution in [1.29, 1.82) is 0 Å². The van der Waals surface area contributed by atoms with E-state index in [1.165, 1.54) is 6.92 Å². The molecule has 0 spiro atoms. The van der Waals surface area contributed by atoms with Crippen LogP contribution in [0.2, 0.25) is 0 Å². The van der Waals surface area contributed by atoms with Gasteiger partial charge in [0.25, 0.3) is 0 Å². The lowest BCUT2D eigenvalue weighted by atomic mass is 10.0. The Morgan fingerprint density at radius 2 is 2.00 bits per heavy atom. The SMILES string of the molecule is CC1(O)CN(S(=O)(=O)c2cc(F)ccc2C(=O)O)C1. The van der Waals surface area contributed by atoms with Crippen LogP contribution in [0.1, 0.15) is 17.3 Å². The number of nitrogens with zero attached hydrogens (tertiary/aromatic N) is 1. The first kappa shape index (κ1) is 13.9. The number of hydrogen-bond acceptors (Lipinski definition) is 4. The van der Waals surface area contributed by atoms with Crippen LogP contribution in [0.25, 0.3) is 0 Å². The maximum absolute atomic E-state index is 13.2. The summed E-state index contributed by atoms with van der Waals surface area (Å²) in [5.41, 5.74) is -1.63. The second-order valence-corrected chi connectivity index (χ2v) is 6.62. The van der Waals surface area contributed by atoms with Gasteiger partial charge in [-0.2, -0.15) is 4.31 Å². The van der Waals surface area contributed by atoms with Crippen LogP contribution >= 0.6 is 0 Å². The molecular weight excluding hydrogens is 277 g/mol. The smallest absolute Gasteiger partial charge is 0.337 e. The molecule has 0 aliphatic carbocycles. The maximum atomic E-state index is 13.2. The average Bonchev–Trinajstić information content (AvgIpc) is 2.25. The zero-order chi connectivity index (χ0) is 14.4. The molecule has 0 saturated carbocycles. The topological polar surface area (TPSA) is 94.9 Å². The summed E-state index contributed by atoms with van der Waals surface area (Å²) in [6.45, 7) is 1.17. The summed E-state index contributed by atoms with van der Waals surface area (Å²) >= 11 is 0. The van der Waals surface area contributed by atoms with Crippen molar-refractivity contribution in [2.24, 2.45) is 0 Å². The highest BCUT2D eigenvalue weighted by Crippen LogP contribution is 2.29. The third kappa shape index (κ3) is 2.46. The Hall–Kier alpha value is -1.51. The molecule has 0 radical (unpaired) electrons. The molecule has 2 rings (SSSR count). The predicted octanol–water partition coefficient (Wildman–Crippen LogP) is 0.279. The van der Waals surface area contributed by atoms with Gasteiger partial charge in [-0.15, -0.1) is 0 Å². The zero-order valence-corrected chi connectivity index (χ0v) is 10.8. The van der Waals surface area contributed by atoms with E-state index in [-0.39, 0.29) is 13.1 Å². The number of aliphatic hydroxyl groups is 1. The van der Waals surface area contributed by atoms with Crippen LogP contribution in [-0.2, 0) is 10.0 Å². The van der Waals surface area contributed by atoms with Gasteiger partial charge in [-0.1, -0.05) is 0 Å². The lowest BCUT2D eigenvalue weighted by Gasteiger charge is -2.42. The summed E-state index contributed by atoms with van der Waals surface area (Å²) in [7, 11) is -4.12. The van der Waals surface area contributed by atoms with Crippen molar-refractivity contribution in [2.75, 3.05) is 13.1 Å². The van der Waals surface area contributed by atoms with Gasteiger partial charge in [0.1, 0.15) is 5.82 Å². The minimum absolute atomic E-state index is 0.148. The van der Waals surface area contributed by atoms with Gasteiger partial charge in [0, 0.05) is 13.1 Å². The van der Waals surface area contributed by atoms with Gasteiger partial charge in [0.15, 0.2) is 0 Å². The highest BCUT2D eigenvalue weighted by Gasteiger charge is 2.45. The van der Waals surface area contributed by atoms with Gasteiger partial charge >= 0.3 is 5.97 Å². The van der Waals surface area contributed by atoms with E-state index in [2.05, 4.69) is 0 Å². The number of halogens is 1. The van der Waals surface area contributed by atoms with Crippen molar-refractivity contribution >= 4 is 16.0 Å². The number of sulfonamides is 1. The Morgan fingerprint density at radius 3 is 2.47 bits per heavy atom. The van der Waals surface area contributed by atoms with E-state index in [0.29, 0.717) is 6.07 Å². The molecule has 1 aromatic carbocycles. The zero-order valence-electron chi connectivity index (χ0n) is 10.00. The summed E-state index contributed by atoms with van der Waals surface area (Å²) in [6, 6.07) is 2.46. The van der Waals surface area contributed by atoms with E-state index >= 15 is 0 Å². The number of carboxylic acid groups (broad SMARTS) is 1. The second kappa shape index (κ2) is 4.26. The second-order valence-electron chi connectivity index (χ2n) is 4.72. The summed E-state index contributed by atoms with van der Waals surface area (Å²) in [6.07, 6.45) is 0. The molecule has 1 heterocycles. The van der Waals surface area contributed by atoms with Crippen molar-refractivity contribution in [1.82, 2.24) is 4.31 Å². The fourth-order valence-electron chi connectivity index (χ4n) is 1.91. The first-order chi connectivity index (χ1) is 8.63. The number of carbonyl (C=O) groups is 1. The summed E-state index contributed by atoms with van der Waals surface area (Å²) in [4.78, 5) is 10.4. The monoisotopic (exact) mass is 289 g/mol. The van der Waals surface area contributed by atoms with Gasteiger partial charge in [-0.05, 0) is 25.1 Å². The molecule has 0 bridgehead atoms. The third-order valence-corrected chi connectivity index (χ3v) is 4.66. The molecule has 0 unspecified atom stereocenters. The van der Waals surface area contributed by atoms with Crippen molar-refractivity contribution in [3.05, 3.63) is 29.6 Å². The Kier molecular flexibility index (Phi) is 3.12. The van der Waals surface area contributed by atoms with Crippen LogP contribution in [0.15, 0.2) is 23.1 Å². The lowest BCUT2D eigenvalue weighted by Crippen LogP contribution is -2.61. The van der Waals surface area contributed by atoms with Crippen LogP contribution in [0.3, 0.4) is 0 Å². The van der Waals surface area contributed by atoms with Crippen LogP contribution in [0.4, 0.5) is 4.39 Å². The Labute approximate surface area is 109 Å². The van der Waals surface area contributed by atoms with E-state index in [1.54, 1.807) is 0 Å². The van der Waals surface area contributed by atoms with Crippen LogP contribution in [0, 0.1) is 5.82 Å². The number of carboxylic acids is 1. The average molecular weight is 289 g/mol. The Bertz CT molecular complexity index is 632. The molecule has 6 nitrogen and oxygen atoms in total. The lowest BCUT2D eigenvalue weighted by molar-refractivity contribution is -0.0426. The normalized spacial score (nSPS) is 18.9. The van der Waals surface area contributed by atoms with E-state index in [0.717, 1.165) is 16.4 Å². The highest BCUT2D eigenvalue weighted by molar-refractivity contribution is 7.89. The molecule has 1 aliphatic heterocycles. The van der Waals surface area contributed by atoms with Gasteiger partial charge in [0.05, 0.1) is 16.1 Å². The summed E-state index contributed by atoms with van der Waals surface area (Å²) in [5, 5.41) is 18.5. The van der Waals surface area contributed by atoms with Crippen molar-refractivity contribution < 1.29 is 27.8 Å². The maximum Gasteiger partial charge on any atom is 0.337 e. The summed E-state index contributed by atoms with van der Waals surface area (Å²) < 4.78 is 38.4. The minimum Gasteiger partial charge on any atom is -0.478 e. The molecule has 1 aromatic rings. The van der Waals surface area contributed by atoms with Gasteiger partial charge in [0.2, 0.25) is 10.0 Å². The molecule has 0 aromatic heterocycles. The predicted molar refractivity (Wildman–Crippen MR) is 62.7 cm³/mol. The minimum atomic E-state index is -4.12. The number of hydrogen-bond donors (Lipinski definition) is 2. The van der Waals surface area contributed by atoms with Gasteiger partial charge in [-0.25, -0.2) is 17.6 Å². The largest absolute Gasteiger partial charge is 0.478 e. The van der Waals surface area contributed by atoms with E-state index in [9.17, 15) is 22.7 Å².